The molecule has 0 aliphatic rings. The van der Waals surface area contributed by atoms with Crippen molar-refractivity contribution < 1.29 is 27.4 Å². The first-order valence-corrected chi connectivity index (χ1v) is 10.3. The van der Waals surface area contributed by atoms with E-state index in [4.69, 9.17) is 25.8 Å². The highest BCUT2D eigenvalue weighted by Crippen LogP contribution is 2.40. The summed E-state index contributed by atoms with van der Waals surface area (Å²) in [7, 11) is 0.368. The highest BCUT2D eigenvalue weighted by Gasteiger charge is 2.21. The van der Waals surface area contributed by atoms with Crippen LogP contribution in [0.5, 0.6) is 17.2 Å². The number of benzene rings is 2. The van der Waals surface area contributed by atoms with E-state index in [0.29, 0.717) is 33.5 Å². The third-order valence-corrected chi connectivity index (χ3v) is 5.73. The second kappa shape index (κ2) is 8.64. The minimum absolute atomic E-state index is 0.0451. The van der Waals surface area contributed by atoms with Gasteiger partial charge in [-0.05, 0) is 42.5 Å². The molecule has 1 heterocycles. The maximum Gasteiger partial charge on any atom is 0.283 e. The Morgan fingerprint density at radius 1 is 1.00 bits per heavy atom. The molecule has 9 nitrogen and oxygen atoms in total. The number of halogens is 1. The Morgan fingerprint density at radius 3 is 2.13 bits per heavy atom. The van der Waals surface area contributed by atoms with E-state index in [1.54, 1.807) is 12.1 Å². The van der Waals surface area contributed by atoms with Crippen LogP contribution >= 0.6 is 11.6 Å². The molecule has 0 fully saturated rings. The summed E-state index contributed by atoms with van der Waals surface area (Å²) in [6.07, 6.45) is 0. The fourth-order valence-electron chi connectivity index (χ4n) is 2.66. The van der Waals surface area contributed by atoms with Gasteiger partial charge in [-0.1, -0.05) is 11.6 Å². The lowest BCUT2D eigenvalue weighted by molar-refractivity contribution is 0.0976. The summed E-state index contributed by atoms with van der Waals surface area (Å²) in [5, 5.41) is 6.99. The van der Waals surface area contributed by atoms with Gasteiger partial charge in [0.1, 0.15) is 5.69 Å². The maximum absolute atomic E-state index is 12.4. The molecule has 158 valence electrons. The monoisotopic (exact) mass is 451 g/mol. The van der Waals surface area contributed by atoms with Crippen molar-refractivity contribution in [2.75, 3.05) is 21.3 Å². The molecule has 1 aromatic heterocycles. The number of carbonyl (C=O) groups excluding carboxylic acids is 1. The predicted molar refractivity (Wildman–Crippen MR) is 110 cm³/mol. The molecule has 3 rings (SSSR count). The van der Waals surface area contributed by atoms with Gasteiger partial charge in [0, 0.05) is 10.6 Å². The number of ether oxygens (including phenoxy) is 3. The van der Waals surface area contributed by atoms with E-state index in [-0.39, 0.29) is 10.6 Å². The second-order valence-corrected chi connectivity index (χ2v) is 8.09. The van der Waals surface area contributed by atoms with Crippen LogP contribution in [-0.4, -0.2) is 45.9 Å². The average molecular weight is 452 g/mol. The van der Waals surface area contributed by atoms with Gasteiger partial charge in [0.15, 0.2) is 11.5 Å². The number of carbonyl (C=O) groups is 1. The average Bonchev–Trinajstić information content (AvgIpc) is 3.23. The molecule has 0 aliphatic carbocycles. The van der Waals surface area contributed by atoms with Crippen LogP contribution in [0.25, 0.3) is 11.3 Å². The van der Waals surface area contributed by atoms with E-state index in [0.717, 1.165) is 0 Å². The Labute approximate surface area is 178 Å². The highest BCUT2D eigenvalue weighted by atomic mass is 35.5. The van der Waals surface area contributed by atoms with Gasteiger partial charge in [-0.3, -0.25) is 9.89 Å². The van der Waals surface area contributed by atoms with Crippen LogP contribution in [0.2, 0.25) is 5.02 Å². The molecular weight excluding hydrogens is 434 g/mol. The third-order valence-electron chi connectivity index (χ3n) is 4.13. The summed E-state index contributed by atoms with van der Waals surface area (Å²) in [6.45, 7) is 0. The van der Waals surface area contributed by atoms with Crippen molar-refractivity contribution in [3.63, 3.8) is 0 Å². The fraction of sp³-hybridized carbons (Fsp3) is 0.158. The molecule has 11 heteroatoms. The molecule has 1 amide bonds. The zero-order valence-electron chi connectivity index (χ0n) is 16.2. The molecule has 0 saturated carbocycles. The van der Waals surface area contributed by atoms with E-state index >= 15 is 0 Å². The Balaban J connectivity index is 1.87. The van der Waals surface area contributed by atoms with Crippen LogP contribution < -0.4 is 18.9 Å². The van der Waals surface area contributed by atoms with Crippen molar-refractivity contribution in [1.82, 2.24) is 14.9 Å². The number of nitrogens with one attached hydrogen (secondary N) is 2. The Hall–Kier alpha value is -3.24. The predicted octanol–water partition coefficient (Wildman–Crippen LogP) is 2.87. The molecule has 0 spiro atoms. The minimum Gasteiger partial charge on any atom is -0.493 e. The van der Waals surface area contributed by atoms with Gasteiger partial charge in [0.25, 0.3) is 15.9 Å². The summed E-state index contributed by atoms with van der Waals surface area (Å²) in [5.41, 5.74) is 0.903. The lowest BCUT2D eigenvalue weighted by Crippen LogP contribution is -2.30. The van der Waals surface area contributed by atoms with Gasteiger partial charge in [0.2, 0.25) is 5.75 Å². The van der Waals surface area contributed by atoms with Gasteiger partial charge in [0.05, 0.1) is 31.9 Å². The summed E-state index contributed by atoms with van der Waals surface area (Å²) in [6, 6.07) is 10.2. The van der Waals surface area contributed by atoms with E-state index in [1.165, 1.54) is 51.7 Å². The summed E-state index contributed by atoms with van der Waals surface area (Å²) in [5.74, 6) is 0.361. The third kappa shape index (κ3) is 4.34. The fourth-order valence-corrected chi connectivity index (χ4v) is 3.76. The Morgan fingerprint density at radius 2 is 1.60 bits per heavy atom. The smallest absolute Gasteiger partial charge is 0.283 e. The number of sulfonamides is 1. The number of aromatic amines is 1. The molecule has 0 saturated heterocycles. The first-order valence-electron chi connectivity index (χ1n) is 8.47. The molecule has 2 aromatic carbocycles. The van der Waals surface area contributed by atoms with Crippen LogP contribution in [0.15, 0.2) is 47.4 Å². The number of hydrogen-bond acceptors (Lipinski definition) is 7. The van der Waals surface area contributed by atoms with Gasteiger partial charge in [-0.15, -0.1) is 0 Å². The lowest BCUT2D eigenvalue weighted by Gasteiger charge is -2.13. The number of rotatable bonds is 7. The molecule has 3 aromatic rings. The molecule has 30 heavy (non-hydrogen) atoms. The first-order chi connectivity index (χ1) is 14.3. The van der Waals surface area contributed by atoms with Gasteiger partial charge in [-0.25, -0.2) is 13.1 Å². The standard InChI is InChI=1S/C19H18ClN3O6S/c1-27-16-8-11(9-17(28-2)18(16)29-3)14-10-15(22-21-14)19(24)23-30(25,26)13-6-4-12(20)5-7-13/h4-10H,1-3H3,(H,21,22)(H,23,24). The largest absolute Gasteiger partial charge is 0.493 e. The SMILES string of the molecule is COc1cc(-c2cc(C(=O)NS(=O)(=O)c3ccc(Cl)cc3)[nH]n2)cc(OC)c1OC. The molecular formula is C19H18ClN3O6S. The number of hydrogen-bond donors (Lipinski definition) is 2. The zero-order chi connectivity index (χ0) is 21.9. The van der Waals surface area contributed by atoms with Crippen molar-refractivity contribution in [3.05, 3.63) is 53.2 Å². The van der Waals surface area contributed by atoms with Crippen LogP contribution in [0.4, 0.5) is 0 Å². The first kappa shape index (κ1) is 21.5. The van der Waals surface area contributed by atoms with Crippen LogP contribution in [-0.2, 0) is 10.0 Å². The van der Waals surface area contributed by atoms with Gasteiger partial charge >= 0.3 is 0 Å². The van der Waals surface area contributed by atoms with E-state index < -0.39 is 15.9 Å². The topological polar surface area (TPSA) is 120 Å². The highest BCUT2D eigenvalue weighted by molar-refractivity contribution is 7.90. The molecule has 0 unspecified atom stereocenters. The van der Waals surface area contributed by atoms with Crippen LogP contribution in [0.1, 0.15) is 10.5 Å². The van der Waals surface area contributed by atoms with E-state index in [2.05, 4.69) is 10.2 Å². The summed E-state index contributed by atoms with van der Waals surface area (Å²) >= 11 is 5.77. The van der Waals surface area contributed by atoms with Gasteiger partial charge in [-0.2, -0.15) is 5.10 Å². The van der Waals surface area contributed by atoms with Crippen molar-refractivity contribution in [2.24, 2.45) is 0 Å². The van der Waals surface area contributed by atoms with Gasteiger partial charge < -0.3 is 14.2 Å². The normalized spacial score (nSPS) is 11.1. The quantitative estimate of drug-likeness (QED) is 0.566. The van der Waals surface area contributed by atoms with Crippen molar-refractivity contribution >= 4 is 27.5 Å². The molecule has 0 radical (unpaired) electrons. The van der Waals surface area contributed by atoms with Crippen molar-refractivity contribution in [3.8, 4) is 28.5 Å². The minimum atomic E-state index is -4.07. The number of nitrogens with zero attached hydrogens (tertiary/aromatic N) is 1. The number of aromatic nitrogens is 2. The zero-order valence-corrected chi connectivity index (χ0v) is 17.8. The number of methoxy groups -OCH3 is 3. The lowest BCUT2D eigenvalue weighted by atomic mass is 10.1. The van der Waals surface area contributed by atoms with E-state index in [1.807, 2.05) is 4.72 Å². The maximum atomic E-state index is 12.4. The second-order valence-electron chi connectivity index (χ2n) is 5.97. The Kier molecular flexibility index (Phi) is 6.18. The van der Waals surface area contributed by atoms with E-state index in [9.17, 15) is 13.2 Å². The molecule has 0 aliphatic heterocycles. The molecule has 2 N–H and O–H groups in total. The van der Waals surface area contributed by atoms with Crippen LogP contribution in [0, 0.1) is 0 Å². The number of H-pyrrole nitrogens is 1. The summed E-state index contributed by atoms with van der Waals surface area (Å²) in [4.78, 5) is 12.3. The number of amides is 1. The molecule has 0 atom stereocenters. The van der Waals surface area contributed by atoms with Crippen molar-refractivity contribution in [1.29, 1.82) is 0 Å². The summed E-state index contributed by atoms with van der Waals surface area (Å²) < 4.78 is 42.7. The van der Waals surface area contributed by atoms with Crippen molar-refractivity contribution in [2.45, 2.75) is 4.90 Å². The van der Waals surface area contributed by atoms with Crippen LogP contribution in [0.3, 0.4) is 0 Å². The Bertz CT molecular complexity index is 1150. The molecule has 0 bridgehead atoms.